The van der Waals surface area contributed by atoms with E-state index in [4.69, 9.17) is 23.2 Å². The summed E-state index contributed by atoms with van der Waals surface area (Å²) in [5.41, 5.74) is 0.320. The van der Waals surface area contributed by atoms with Crippen LogP contribution in [0.3, 0.4) is 0 Å². The summed E-state index contributed by atoms with van der Waals surface area (Å²) in [5.74, 6) is -0.289. The van der Waals surface area contributed by atoms with Crippen LogP contribution in [0.4, 0.5) is 13.2 Å². The van der Waals surface area contributed by atoms with Crippen LogP contribution in [0.2, 0.25) is 10.0 Å². The highest BCUT2D eigenvalue weighted by atomic mass is 35.5. The molecule has 0 unspecified atom stereocenters. The van der Waals surface area contributed by atoms with E-state index in [0.29, 0.717) is 27.6 Å². The Morgan fingerprint density at radius 3 is 2.29 bits per heavy atom. The topological polar surface area (TPSA) is 29.1 Å². The van der Waals surface area contributed by atoms with Gasteiger partial charge >= 0.3 is 6.18 Å². The maximum absolute atomic E-state index is 12.6. The molecule has 0 aliphatic carbocycles. The Labute approximate surface area is 147 Å². The lowest BCUT2D eigenvalue weighted by Crippen LogP contribution is -2.23. The van der Waals surface area contributed by atoms with E-state index in [1.54, 1.807) is 18.2 Å². The van der Waals surface area contributed by atoms with E-state index in [-0.39, 0.29) is 18.9 Å². The number of hydrogen-bond donors (Lipinski definition) is 1. The van der Waals surface area contributed by atoms with Crippen molar-refractivity contribution in [3.05, 3.63) is 69.2 Å². The predicted octanol–water partition coefficient (Wildman–Crippen LogP) is 5.26. The van der Waals surface area contributed by atoms with E-state index in [9.17, 15) is 18.0 Å². The maximum atomic E-state index is 12.6. The van der Waals surface area contributed by atoms with E-state index < -0.39 is 11.7 Å². The van der Waals surface area contributed by atoms with E-state index in [0.717, 1.165) is 12.1 Å². The highest BCUT2D eigenvalue weighted by Gasteiger charge is 2.30. The molecule has 0 aliphatic heterocycles. The SMILES string of the molecule is O=C(CCc1c(Cl)cccc1Cl)NCc1cccc(C(F)(F)F)c1. The van der Waals surface area contributed by atoms with Crippen molar-refractivity contribution in [1.29, 1.82) is 0 Å². The van der Waals surface area contributed by atoms with Crippen molar-refractivity contribution >= 4 is 29.1 Å². The molecule has 0 aliphatic rings. The summed E-state index contributed by atoms with van der Waals surface area (Å²) in [7, 11) is 0. The summed E-state index contributed by atoms with van der Waals surface area (Å²) in [6, 6.07) is 9.93. The van der Waals surface area contributed by atoms with Gasteiger partial charge in [0.05, 0.1) is 5.56 Å². The minimum Gasteiger partial charge on any atom is -0.352 e. The van der Waals surface area contributed by atoms with Crippen LogP contribution in [0.25, 0.3) is 0 Å². The highest BCUT2D eigenvalue weighted by molar-refractivity contribution is 6.36. The van der Waals surface area contributed by atoms with E-state index in [2.05, 4.69) is 5.32 Å². The lowest BCUT2D eigenvalue weighted by Gasteiger charge is -2.10. The van der Waals surface area contributed by atoms with Crippen LogP contribution in [-0.4, -0.2) is 5.91 Å². The average molecular weight is 376 g/mol. The molecular weight excluding hydrogens is 362 g/mol. The fourth-order valence-corrected chi connectivity index (χ4v) is 2.74. The van der Waals surface area contributed by atoms with E-state index >= 15 is 0 Å². The summed E-state index contributed by atoms with van der Waals surface area (Å²) >= 11 is 12.0. The fraction of sp³-hybridized carbons (Fsp3) is 0.235. The lowest BCUT2D eigenvalue weighted by atomic mass is 10.1. The van der Waals surface area contributed by atoms with Crippen molar-refractivity contribution in [2.45, 2.75) is 25.6 Å². The van der Waals surface area contributed by atoms with Gasteiger partial charge in [-0.05, 0) is 41.8 Å². The minimum atomic E-state index is -4.40. The molecule has 2 aromatic rings. The first-order chi connectivity index (χ1) is 11.3. The van der Waals surface area contributed by atoms with Crippen LogP contribution in [-0.2, 0) is 23.9 Å². The molecule has 0 saturated heterocycles. The Balaban J connectivity index is 1.90. The van der Waals surface area contributed by atoms with Gasteiger partial charge in [0.2, 0.25) is 5.91 Å². The molecule has 2 nitrogen and oxygen atoms in total. The zero-order valence-electron chi connectivity index (χ0n) is 12.5. The molecule has 0 atom stereocenters. The van der Waals surface area contributed by atoms with E-state index in [1.165, 1.54) is 12.1 Å². The molecule has 2 aromatic carbocycles. The second kappa shape index (κ2) is 7.90. The molecule has 0 aromatic heterocycles. The third-order valence-corrected chi connectivity index (χ3v) is 4.12. The number of rotatable bonds is 5. The molecule has 0 fully saturated rings. The smallest absolute Gasteiger partial charge is 0.352 e. The van der Waals surface area contributed by atoms with Crippen molar-refractivity contribution in [3.63, 3.8) is 0 Å². The Kier molecular flexibility index (Phi) is 6.13. The third kappa shape index (κ3) is 5.14. The van der Waals surface area contributed by atoms with Gasteiger partial charge in [0, 0.05) is 23.0 Å². The van der Waals surface area contributed by atoms with Gasteiger partial charge in [-0.25, -0.2) is 0 Å². The second-order valence-corrected chi connectivity index (χ2v) is 5.99. The molecule has 1 N–H and O–H groups in total. The minimum absolute atomic E-state index is 0.0268. The predicted molar refractivity (Wildman–Crippen MR) is 88.1 cm³/mol. The van der Waals surface area contributed by atoms with Crippen LogP contribution in [0.1, 0.15) is 23.1 Å². The Morgan fingerprint density at radius 1 is 1.04 bits per heavy atom. The van der Waals surface area contributed by atoms with Gasteiger partial charge in [0.25, 0.3) is 0 Å². The molecule has 7 heteroatoms. The van der Waals surface area contributed by atoms with Gasteiger partial charge in [-0.1, -0.05) is 41.4 Å². The summed E-state index contributed by atoms with van der Waals surface area (Å²) < 4.78 is 37.9. The summed E-state index contributed by atoms with van der Waals surface area (Å²) in [5, 5.41) is 3.55. The summed E-state index contributed by atoms with van der Waals surface area (Å²) in [4.78, 5) is 11.9. The quantitative estimate of drug-likeness (QED) is 0.758. The van der Waals surface area contributed by atoms with Crippen molar-refractivity contribution in [1.82, 2.24) is 5.32 Å². The first-order valence-electron chi connectivity index (χ1n) is 7.13. The molecule has 2 rings (SSSR count). The van der Waals surface area contributed by atoms with Crippen molar-refractivity contribution in [2.75, 3.05) is 0 Å². The number of nitrogens with one attached hydrogen (secondary N) is 1. The van der Waals surface area contributed by atoms with Crippen LogP contribution >= 0.6 is 23.2 Å². The first kappa shape index (κ1) is 18.6. The number of hydrogen-bond acceptors (Lipinski definition) is 1. The maximum Gasteiger partial charge on any atom is 0.416 e. The number of benzene rings is 2. The van der Waals surface area contributed by atoms with Crippen molar-refractivity contribution in [2.24, 2.45) is 0 Å². The van der Waals surface area contributed by atoms with Crippen LogP contribution in [0.15, 0.2) is 42.5 Å². The Morgan fingerprint density at radius 2 is 1.67 bits per heavy atom. The van der Waals surface area contributed by atoms with Crippen LogP contribution < -0.4 is 5.32 Å². The largest absolute Gasteiger partial charge is 0.416 e. The lowest BCUT2D eigenvalue weighted by molar-refractivity contribution is -0.137. The van der Waals surface area contributed by atoms with Gasteiger partial charge in [-0.2, -0.15) is 13.2 Å². The highest BCUT2D eigenvalue weighted by Crippen LogP contribution is 2.29. The number of amides is 1. The Hall–Kier alpha value is -1.72. The van der Waals surface area contributed by atoms with Crippen molar-refractivity contribution < 1.29 is 18.0 Å². The zero-order valence-corrected chi connectivity index (χ0v) is 14.0. The van der Waals surface area contributed by atoms with Gasteiger partial charge < -0.3 is 5.32 Å². The average Bonchev–Trinajstić information content (AvgIpc) is 2.52. The molecule has 128 valence electrons. The van der Waals surface area contributed by atoms with Gasteiger partial charge in [0.15, 0.2) is 0 Å². The number of halogens is 5. The van der Waals surface area contributed by atoms with Crippen LogP contribution in [0.5, 0.6) is 0 Å². The summed E-state index contributed by atoms with van der Waals surface area (Å²) in [6.45, 7) is 0.0268. The molecule has 0 heterocycles. The monoisotopic (exact) mass is 375 g/mol. The van der Waals surface area contributed by atoms with Gasteiger partial charge in [-0.15, -0.1) is 0 Å². The fourth-order valence-electron chi connectivity index (χ4n) is 2.16. The van der Waals surface area contributed by atoms with Gasteiger partial charge in [0.1, 0.15) is 0 Å². The second-order valence-electron chi connectivity index (χ2n) is 5.18. The Bertz CT molecular complexity index is 712. The molecule has 24 heavy (non-hydrogen) atoms. The summed E-state index contributed by atoms with van der Waals surface area (Å²) in [6.07, 6.45) is -3.91. The zero-order chi connectivity index (χ0) is 17.7. The van der Waals surface area contributed by atoms with Crippen molar-refractivity contribution in [3.8, 4) is 0 Å². The van der Waals surface area contributed by atoms with Crippen LogP contribution in [0, 0.1) is 0 Å². The first-order valence-corrected chi connectivity index (χ1v) is 7.88. The molecule has 1 amide bonds. The standard InChI is InChI=1S/C17H14Cl2F3NO/c18-14-5-2-6-15(19)13(14)7-8-16(24)23-10-11-3-1-4-12(9-11)17(20,21)22/h1-6,9H,7-8,10H2,(H,23,24). The van der Waals surface area contributed by atoms with Gasteiger partial charge in [-0.3, -0.25) is 4.79 Å². The number of carbonyl (C=O) groups is 1. The molecule has 0 saturated carbocycles. The normalized spacial score (nSPS) is 11.4. The molecule has 0 bridgehead atoms. The number of carbonyl (C=O) groups excluding carboxylic acids is 1. The molecule has 0 radical (unpaired) electrons. The third-order valence-electron chi connectivity index (χ3n) is 3.41. The van der Waals surface area contributed by atoms with E-state index in [1.807, 2.05) is 0 Å². The molecular formula is C17H14Cl2F3NO. The molecule has 0 spiro atoms. The number of alkyl halides is 3.